The number of fused-ring (bicyclic) bond motifs is 5. The molecule has 4 aliphatic rings. The summed E-state index contributed by atoms with van der Waals surface area (Å²) in [6, 6.07) is 7.73. The molecule has 8 atom stereocenters. The molecule has 170 valence electrons. The molecule has 3 nitrogen and oxygen atoms in total. The van der Waals surface area contributed by atoms with Crippen LogP contribution in [0.1, 0.15) is 88.9 Å². The largest absolute Gasteiger partial charge is 0.497 e. The van der Waals surface area contributed by atoms with Gasteiger partial charge in [-0.3, -0.25) is 4.79 Å². The number of carbonyl (C=O) groups excluding carboxylic acids is 1. The molecule has 0 aliphatic heterocycles. The lowest BCUT2D eigenvalue weighted by Crippen LogP contribution is -2.55. The van der Waals surface area contributed by atoms with E-state index in [0.29, 0.717) is 23.0 Å². The number of ketones is 1. The fourth-order valence-electron chi connectivity index (χ4n) is 8.82. The molecular weight excluding hydrogens is 384 g/mol. The van der Waals surface area contributed by atoms with Gasteiger partial charge in [0.1, 0.15) is 5.75 Å². The van der Waals surface area contributed by atoms with Crippen molar-refractivity contribution < 1.29 is 14.6 Å². The number of carbonyl (C=O) groups is 1. The van der Waals surface area contributed by atoms with Gasteiger partial charge in [0.15, 0.2) is 5.78 Å². The fourth-order valence-corrected chi connectivity index (χ4v) is 8.82. The second-order valence-electron chi connectivity index (χ2n) is 12.1. The molecule has 4 saturated carbocycles. The van der Waals surface area contributed by atoms with Crippen molar-refractivity contribution in [2.24, 2.45) is 40.4 Å². The van der Waals surface area contributed by atoms with Crippen molar-refractivity contribution in [1.82, 2.24) is 0 Å². The predicted molar refractivity (Wildman–Crippen MR) is 123 cm³/mol. The maximum atomic E-state index is 13.6. The van der Waals surface area contributed by atoms with Gasteiger partial charge in [-0.05, 0) is 123 Å². The molecule has 31 heavy (non-hydrogen) atoms. The summed E-state index contributed by atoms with van der Waals surface area (Å²) < 4.78 is 5.28. The van der Waals surface area contributed by atoms with Gasteiger partial charge >= 0.3 is 0 Å². The summed E-state index contributed by atoms with van der Waals surface area (Å²) in [6.45, 7) is 7.03. The SMILES string of the molecule is COc1ccc(C(=O)[C@H]2CC[C@H]3[C@@H]4CC[C@@H]5C[C@](C)(O)CC[C@]5(C)[C@H]4CC[C@]23C)cc1. The quantitative estimate of drug-likeness (QED) is 0.580. The zero-order valence-corrected chi connectivity index (χ0v) is 19.8. The first-order valence-electron chi connectivity index (χ1n) is 12.6. The fraction of sp³-hybridized carbons (Fsp3) is 0.750. The van der Waals surface area contributed by atoms with Crippen LogP contribution in [0.4, 0.5) is 0 Å². The van der Waals surface area contributed by atoms with Crippen molar-refractivity contribution in [3.05, 3.63) is 29.8 Å². The zero-order chi connectivity index (χ0) is 22.0. The molecule has 0 bridgehead atoms. The maximum Gasteiger partial charge on any atom is 0.166 e. The molecule has 5 rings (SSSR count). The number of ether oxygens (including phenoxy) is 1. The van der Waals surface area contributed by atoms with Crippen LogP contribution < -0.4 is 4.74 Å². The van der Waals surface area contributed by atoms with Gasteiger partial charge in [0, 0.05) is 11.5 Å². The summed E-state index contributed by atoms with van der Waals surface area (Å²) in [5.74, 6) is 4.19. The third-order valence-electron chi connectivity index (χ3n) is 10.6. The molecule has 4 fully saturated rings. The smallest absolute Gasteiger partial charge is 0.166 e. The second kappa shape index (κ2) is 7.33. The number of benzene rings is 1. The Morgan fingerprint density at radius 3 is 2.32 bits per heavy atom. The lowest BCUT2D eigenvalue weighted by Gasteiger charge is -2.61. The van der Waals surface area contributed by atoms with Crippen LogP contribution in [0.5, 0.6) is 5.75 Å². The Hall–Kier alpha value is -1.35. The van der Waals surface area contributed by atoms with Crippen molar-refractivity contribution >= 4 is 5.78 Å². The molecule has 0 amide bonds. The summed E-state index contributed by atoms with van der Waals surface area (Å²) in [6.07, 6.45) is 10.4. The molecular formula is C28H40O3. The van der Waals surface area contributed by atoms with Crippen molar-refractivity contribution in [3.63, 3.8) is 0 Å². The van der Waals surface area contributed by atoms with E-state index in [-0.39, 0.29) is 11.3 Å². The first-order valence-corrected chi connectivity index (χ1v) is 12.6. The van der Waals surface area contributed by atoms with E-state index >= 15 is 0 Å². The predicted octanol–water partition coefficient (Wildman–Crippen LogP) is 6.29. The minimum absolute atomic E-state index is 0.140. The average Bonchev–Trinajstić information content (AvgIpc) is 3.11. The topological polar surface area (TPSA) is 46.5 Å². The normalized spacial score (nSPS) is 46.5. The van der Waals surface area contributed by atoms with E-state index in [1.54, 1.807) is 7.11 Å². The minimum atomic E-state index is -0.469. The Bertz CT molecular complexity index is 842. The van der Waals surface area contributed by atoms with Gasteiger partial charge in [-0.15, -0.1) is 0 Å². The average molecular weight is 425 g/mol. The van der Waals surface area contributed by atoms with E-state index in [0.717, 1.165) is 42.4 Å². The number of rotatable bonds is 3. The molecule has 4 aliphatic carbocycles. The Balaban J connectivity index is 1.37. The van der Waals surface area contributed by atoms with E-state index < -0.39 is 5.60 Å². The van der Waals surface area contributed by atoms with E-state index in [9.17, 15) is 9.90 Å². The Morgan fingerprint density at radius 1 is 0.903 bits per heavy atom. The Labute approximate surface area is 188 Å². The van der Waals surface area contributed by atoms with E-state index in [4.69, 9.17) is 4.74 Å². The summed E-state index contributed by atoms with van der Waals surface area (Å²) in [5, 5.41) is 10.7. The Morgan fingerprint density at radius 2 is 1.61 bits per heavy atom. The van der Waals surface area contributed by atoms with Gasteiger partial charge in [-0.25, -0.2) is 0 Å². The highest BCUT2D eigenvalue weighted by Gasteiger charge is 2.61. The summed E-state index contributed by atoms with van der Waals surface area (Å²) >= 11 is 0. The van der Waals surface area contributed by atoms with Gasteiger partial charge < -0.3 is 9.84 Å². The summed E-state index contributed by atoms with van der Waals surface area (Å²) in [7, 11) is 1.67. The van der Waals surface area contributed by atoms with Gasteiger partial charge in [-0.2, -0.15) is 0 Å². The third kappa shape index (κ3) is 3.29. The molecule has 0 unspecified atom stereocenters. The van der Waals surface area contributed by atoms with Gasteiger partial charge in [0.2, 0.25) is 0 Å². The van der Waals surface area contributed by atoms with Gasteiger partial charge in [0.05, 0.1) is 12.7 Å². The van der Waals surface area contributed by atoms with E-state index in [2.05, 4.69) is 13.8 Å². The molecule has 1 aromatic carbocycles. The molecule has 0 saturated heterocycles. The maximum absolute atomic E-state index is 13.6. The molecule has 0 spiro atoms. The molecule has 1 N–H and O–H groups in total. The molecule has 3 heteroatoms. The van der Waals surface area contributed by atoms with Crippen LogP contribution in [0.3, 0.4) is 0 Å². The second-order valence-corrected chi connectivity index (χ2v) is 12.1. The van der Waals surface area contributed by atoms with Crippen molar-refractivity contribution in [1.29, 1.82) is 0 Å². The molecule has 0 aromatic heterocycles. The van der Waals surface area contributed by atoms with Crippen LogP contribution in [-0.4, -0.2) is 23.6 Å². The van der Waals surface area contributed by atoms with Crippen LogP contribution in [0.2, 0.25) is 0 Å². The number of methoxy groups -OCH3 is 1. The summed E-state index contributed by atoms with van der Waals surface area (Å²) in [5.41, 5.74) is 0.898. The minimum Gasteiger partial charge on any atom is -0.497 e. The van der Waals surface area contributed by atoms with Crippen LogP contribution >= 0.6 is 0 Å². The third-order valence-corrected chi connectivity index (χ3v) is 10.6. The van der Waals surface area contributed by atoms with Crippen LogP contribution in [0.25, 0.3) is 0 Å². The molecule has 0 heterocycles. The standard InChI is InChI=1S/C28H40O3/c1-26(30)15-16-27(2)19(17-26)7-10-21-22-11-12-24(28(22,3)14-13-23(21)27)25(29)18-5-8-20(31-4)9-6-18/h5-6,8-9,19,21-24,30H,7,10-17H2,1-4H3/t19-,21+,22+,23+,24-,26-,27+,28+/m1/s1. The van der Waals surface area contributed by atoms with Crippen LogP contribution in [0, 0.1) is 40.4 Å². The highest BCUT2D eigenvalue weighted by molar-refractivity contribution is 5.98. The monoisotopic (exact) mass is 424 g/mol. The number of hydrogen-bond donors (Lipinski definition) is 1. The first kappa shape index (κ1) is 21.5. The van der Waals surface area contributed by atoms with Crippen molar-refractivity contribution in [2.75, 3.05) is 7.11 Å². The van der Waals surface area contributed by atoms with Crippen LogP contribution in [0.15, 0.2) is 24.3 Å². The van der Waals surface area contributed by atoms with Crippen LogP contribution in [-0.2, 0) is 0 Å². The lowest BCUT2D eigenvalue weighted by molar-refractivity contribution is -0.144. The van der Waals surface area contributed by atoms with Gasteiger partial charge in [0.25, 0.3) is 0 Å². The summed E-state index contributed by atoms with van der Waals surface area (Å²) in [4.78, 5) is 13.6. The van der Waals surface area contributed by atoms with E-state index in [1.807, 2.05) is 31.2 Å². The lowest BCUT2D eigenvalue weighted by atomic mass is 9.44. The first-order chi connectivity index (χ1) is 14.7. The Kier molecular flexibility index (Phi) is 5.08. The van der Waals surface area contributed by atoms with Crippen molar-refractivity contribution in [2.45, 2.75) is 84.2 Å². The number of hydrogen-bond acceptors (Lipinski definition) is 3. The molecule has 1 aromatic rings. The highest BCUT2D eigenvalue weighted by Crippen LogP contribution is 2.68. The zero-order valence-electron chi connectivity index (χ0n) is 19.8. The highest BCUT2D eigenvalue weighted by atomic mass is 16.5. The van der Waals surface area contributed by atoms with Gasteiger partial charge in [-0.1, -0.05) is 13.8 Å². The number of aliphatic hydroxyl groups is 1. The van der Waals surface area contributed by atoms with Crippen molar-refractivity contribution in [3.8, 4) is 5.75 Å². The number of Topliss-reactive ketones (excluding diaryl/α,β-unsaturated/α-hetero) is 1. The molecule has 0 radical (unpaired) electrons. The van der Waals surface area contributed by atoms with E-state index in [1.165, 1.54) is 38.5 Å².